The van der Waals surface area contributed by atoms with E-state index in [2.05, 4.69) is 17.1 Å². The molecule has 1 aliphatic rings. The maximum absolute atomic E-state index is 10.9. The number of nitrogens with two attached hydrogens (primary N) is 1. The third-order valence-electron chi connectivity index (χ3n) is 3.74. The Bertz CT molecular complexity index is 525. The number of rotatable bonds is 7. The van der Waals surface area contributed by atoms with Crippen LogP contribution in [0.25, 0.3) is 0 Å². The van der Waals surface area contributed by atoms with Gasteiger partial charge in [0.1, 0.15) is 0 Å². The number of methoxy groups -OCH3 is 2. The van der Waals surface area contributed by atoms with Gasteiger partial charge in [-0.15, -0.1) is 0 Å². The summed E-state index contributed by atoms with van der Waals surface area (Å²) in [5, 5.41) is 3.42. The molecule has 1 heterocycles. The van der Waals surface area contributed by atoms with E-state index in [4.69, 9.17) is 19.9 Å². The minimum Gasteiger partial charge on any atom is -0.493 e. The van der Waals surface area contributed by atoms with E-state index in [-0.39, 0.29) is 6.61 Å². The molecule has 0 aliphatic carbocycles. The number of hydrogen-bond acceptors (Lipinski definition) is 6. The average molecular weight is 323 g/mol. The Morgan fingerprint density at radius 3 is 2.52 bits per heavy atom. The molecule has 1 atom stereocenters. The average Bonchev–Trinajstić information content (AvgIpc) is 2.52. The van der Waals surface area contributed by atoms with Gasteiger partial charge in [-0.3, -0.25) is 9.69 Å². The molecule has 1 saturated heterocycles. The van der Waals surface area contributed by atoms with Crippen LogP contribution in [-0.4, -0.2) is 57.3 Å². The Balaban J connectivity index is 2.19. The molecular formula is C16H25N3O4. The van der Waals surface area contributed by atoms with Crippen molar-refractivity contribution < 1.29 is 19.0 Å². The van der Waals surface area contributed by atoms with Gasteiger partial charge in [0.15, 0.2) is 18.1 Å². The van der Waals surface area contributed by atoms with Crippen LogP contribution in [0.15, 0.2) is 12.1 Å². The van der Waals surface area contributed by atoms with Crippen LogP contribution in [0.5, 0.6) is 17.2 Å². The molecule has 1 aromatic carbocycles. The fraction of sp³-hybridized carbons (Fsp3) is 0.562. The normalized spacial score (nSPS) is 18.5. The van der Waals surface area contributed by atoms with Gasteiger partial charge in [0, 0.05) is 32.2 Å². The second kappa shape index (κ2) is 8.03. The van der Waals surface area contributed by atoms with Crippen LogP contribution < -0.4 is 25.3 Å². The topological polar surface area (TPSA) is 86.1 Å². The highest BCUT2D eigenvalue weighted by molar-refractivity contribution is 5.75. The van der Waals surface area contributed by atoms with Crippen LogP contribution in [0.4, 0.5) is 0 Å². The Labute approximate surface area is 136 Å². The van der Waals surface area contributed by atoms with Gasteiger partial charge in [0.25, 0.3) is 5.91 Å². The third-order valence-corrected chi connectivity index (χ3v) is 3.74. The molecule has 23 heavy (non-hydrogen) atoms. The Morgan fingerprint density at radius 1 is 1.35 bits per heavy atom. The van der Waals surface area contributed by atoms with Crippen molar-refractivity contribution in [3.63, 3.8) is 0 Å². The van der Waals surface area contributed by atoms with Gasteiger partial charge in [-0.1, -0.05) is 0 Å². The monoisotopic (exact) mass is 323 g/mol. The first kappa shape index (κ1) is 17.4. The van der Waals surface area contributed by atoms with Crippen molar-refractivity contribution >= 4 is 5.91 Å². The van der Waals surface area contributed by atoms with Crippen molar-refractivity contribution in [2.24, 2.45) is 5.73 Å². The summed E-state index contributed by atoms with van der Waals surface area (Å²) in [6, 6.07) is 4.29. The van der Waals surface area contributed by atoms with Crippen LogP contribution in [-0.2, 0) is 11.3 Å². The van der Waals surface area contributed by atoms with Gasteiger partial charge in [-0.2, -0.15) is 0 Å². The quantitative estimate of drug-likeness (QED) is 0.754. The highest BCUT2D eigenvalue weighted by Crippen LogP contribution is 2.38. The smallest absolute Gasteiger partial charge is 0.255 e. The second-order valence-corrected chi connectivity index (χ2v) is 5.67. The summed E-state index contributed by atoms with van der Waals surface area (Å²) < 4.78 is 16.2. The fourth-order valence-corrected chi connectivity index (χ4v) is 2.73. The number of carbonyl (C=O) groups is 1. The van der Waals surface area contributed by atoms with Crippen LogP contribution in [0.2, 0.25) is 0 Å². The molecule has 1 unspecified atom stereocenters. The number of carbonyl (C=O) groups excluding carboxylic acids is 1. The Kier molecular flexibility index (Phi) is 6.06. The summed E-state index contributed by atoms with van der Waals surface area (Å²) in [5.41, 5.74) is 6.20. The summed E-state index contributed by atoms with van der Waals surface area (Å²) in [6.45, 7) is 5.72. The Hall–Kier alpha value is -1.99. The van der Waals surface area contributed by atoms with Crippen LogP contribution in [0.3, 0.4) is 0 Å². The van der Waals surface area contributed by atoms with Gasteiger partial charge >= 0.3 is 0 Å². The standard InChI is InChI=1S/C16H25N3O4/c1-11-8-19(5-4-18-11)9-12-6-13(21-2)16(14(7-12)22-3)23-10-15(17)20/h6-7,11,18H,4-5,8-10H2,1-3H3,(H2,17,20). The first-order chi connectivity index (χ1) is 11.0. The van der Waals surface area contributed by atoms with E-state index in [1.54, 1.807) is 14.2 Å². The number of nitrogens with zero attached hydrogens (tertiary/aromatic N) is 1. The van der Waals surface area contributed by atoms with Crippen molar-refractivity contribution in [3.8, 4) is 17.2 Å². The lowest BCUT2D eigenvalue weighted by molar-refractivity contribution is -0.119. The molecule has 1 fully saturated rings. The van der Waals surface area contributed by atoms with Crippen LogP contribution in [0, 0.1) is 0 Å². The lowest BCUT2D eigenvalue weighted by Crippen LogP contribution is -2.48. The van der Waals surface area contributed by atoms with Crippen molar-refractivity contribution in [2.75, 3.05) is 40.5 Å². The van der Waals surface area contributed by atoms with Crippen molar-refractivity contribution in [1.82, 2.24) is 10.2 Å². The molecule has 1 aliphatic heterocycles. The van der Waals surface area contributed by atoms with Gasteiger partial charge in [0.2, 0.25) is 5.75 Å². The minimum absolute atomic E-state index is 0.221. The molecule has 0 radical (unpaired) electrons. The molecule has 1 amide bonds. The van der Waals surface area contributed by atoms with Crippen LogP contribution in [0.1, 0.15) is 12.5 Å². The number of primary amides is 1. The molecule has 2 rings (SSSR count). The summed E-state index contributed by atoms with van der Waals surface area (Å²) in [4.78, 5) is 13.3. The number of benzene rings is 1. The summed E-state index contributed by atoms with van der Waals surface area (Å²) in [7, 11) is 3.12. The van der Waals surface area contributed by atoms with Gasteiger partial charge in [-0.25, -0.2) is 0 Å². The molecule has 1 aromatic rings. The number of amides is 1. The zero-order chi connectivity index (χ0) is 16.8. The van der Waals surface area contributed by atoms with E-state index in [1.807, 2.05) is 12.1 Å². The molecule has 3 N–H and O–H groups in total. The van der Waals surface area contributed by atoms with Crippen molar-refractivity contribution in [3.05, 3.63) is 17.7 Å². The zero-order valence-electron chi connectivity index (χ0n) is 13.9. The predicted octanol–water partition coefficient (Wildman–Crippen LogP) is 0.362. The lowest BCUT2D eigenvalue weighted by Gasteiger charge is -2.32. The minimum atomic E-state index is -0.548. The molecule has 0 aromatic heterocycles. The number of nitrogens with one attached hydrogen (secondary N) is 1. The molecule has 7 heteroatoms. The van der Waals surface area contributed by atoms with Gasteiger partial charge in [-0.05, 0) is 24.6 Å². The first-order valence-electron chi connectivity index (χ1n) is 7.65. The van der Waals surface area contributed by atoms with Crippen molar-refractivity contribution in [1.29, 1.82) is 0 Å². The molecular weight excluding hydrogens is 298 g/mol. The molecule has 128 valence electrons. The molecule has 7 nitrogen and oxygen atoms in total. The molecule has 0 bridgehead atoms. The number of hydrogen-bond donors (Lipinski definition) is 2. The van der Waals surface area contributed by atoms with Gasteiger partial charge < -0.3 is 25.3 Å². The fourth-order valence-electron chi connectivity index (χ4n) is 2.73. The van der Waals surface area contributed by atoms with E-state index >= 15 is 0 Å². The van der Waals surface area contributed by atoms with Crippen LogP contribution >= 0.6 is 0 Å². The van der Waals surface area contributed by atoms with E-state index in [0.717, 1.165) is 31.7 Å². The van der Waals surface area contributed by atoms with E-state index in [1.165, 1.54) is 0 Å². The maximum atomic E-state index is 10.9. The maximum Gasteiger partial charge on any atom is 0.255 e. The lowest BCUT2D eigenvalue weighted by atomic mass is 10.1. The van der Waals surface area contributed by atoms with E-state index in [0.29, 0.717) is 23.3 Å². The summed E-state index contributed by atoms with van der Waals surface area (Å²) >= 11 is 0. The summed E-state index contributed by atoms with van der Waals surface area (Å²) in [5.74, 6) is 0.909. The largest absolute Gasteiger partial charge is 0.493 e. The molecule has 0 spiro atoms. The SMILES string of the molecule is COc1cc(CN2CCNC(C)C2)cc(OC)c1OCC(N)=O. The molecule has 0 saturated carbocycles. The van der Waals surface area contributed by atoms with E-state index in [9.17, 15) is 4.79 Å². The highest BCUT2D eigenvalue weighted by Gasteiger charge is 2.19. The number of piperazine rings is 1. The van der Waals surface area contributed by atoms with Gasteiger partial charge in [0.05, 0.1) is 14.2 Å². The zero-order valence-corrected chi connectivity index (χ0v) is 13.9. The second-order valence-electron chi connectivity index (χ2n) is 5.67. The Morgan fingerprint density at radius 2 is 2.00 bits per heavy atom. The highest BCUT2D eigenvalue weighted by atomic mass is 16.5. The predicted molar refractivity (Wildman–Crippen MR) is 87.0 cm³/mol. The first-order valence-corrected chi connectivity index (χ1v) is 7.65. The van der Waals surface area contributed by atoms with Crippen molar-refractivity contribution in [2.45, 2.75) is 19.5 Å². The van der Waals surface area contributed by atoms with E-state index < -0.39 is 5.91 Å². The summed E-state index contributed by atoms with van der Waals surface area (Å²) in [6.07, 6.45) is 0. The third kappa shape index (κ3) is 4.74. The number of ether oxygens (including phenoxy) is 3.